The van der Waals surface area contributed by atoms with E-state index in [0.29, 0.717) is 11.6 Å². The van der Waals surface area contributed by atoms with Crippen molar-refractivity contribution >= 4 is 5.91 Å². The van der Waals surface area contributed by atoms with Gasteiger partial charge < -0.3 is 9.73 Å². The van der Waals surface area contributed by atoms with Gasteiger partial charge in [0.15, 0.2) is 5.89 Å². The van der Waals surface area contributed by atoms with Crippen LogP contribution in [0.15, 0.2) is 10.7 Å². The summed E-state index contributed by atoms with van der Waals surface area (Å²) in [5.74, 6) is 1.17. The highest BCUT2D eigenvalue weighted by Crippen LogP contribution is 2.13. The summed E-state index contributed by atoms with van der Waals surface area (Å²) in [6.45, 7) is 8.17. The van der Waals surface area contributed by atoms with Gasteiger partial charge in [0.05, 0.1) is 11.7 Å². The molecular weight excluding hydrogens is 258 g/mol. The zero-order valence-corrected chi connectivity index (χ0v) is 12.2. The highest BCUT2D eigenvalue weighted by Gasteiger charge is 2.20. The number of hydrogen-bond acceptors (Lipinski definition) is 5. The van der Waals surface area contributed by atoms with Crippen LogP contribution in [-0.4, -0.2) is 25.7 Å². The molecule has 1 unspecified atom stereocenters. The molecule has 7 heteroatoms. The van der Waals surface area contributed by atoms with E-state index in [-0.39, 0.29) is 17.7 Å². The first-order chi connectivity index (χ1) is 9.52. The van der Waals surface area contributed by atoms with E-state index >= 15 is 0 Å². The molecule has 0 saturated carbocycles. The van der Waals surface area contributed by atoms with Crippen molar-refractivity contribution in [3.63, 3.8) is 0 Å². The lowest BCUT2D eigenvalue weighted by Crippen LogP contribution is -2.29. The zero-order valence-electron chi connectivity index (χ0n) is 12.2. The fourth-order valence-corrected chi connectivity index (χ4v) is 2.06. The molecule has 0 radical (unpaired) electrons. The van der Waals surface area contributed by atoms with E-state index in [1.54, 1.807) is 18.5 Å². The molecule has 1 atom stereocenters. The molecule has 0 aliphatic carbocycles. The molecule has 2 aromatic rings. The first kappa shape index (κ1) is 14.2. The Morgan fingerprint density at radius 3 is 2.85 bits per heavy atom. The monoisotopic (exact) mass is 277 g/mol. The van der Waals surface area contributed by atoms with Crippen molar-refractivity contribution in [2.24, 2.45) is 0 Å². The number of hydrogen-bond donors (Lipinski definition) is 1. The Morgan fingerprint density at radius 2 is 2.25 bits per heavy atom. The van der Waals surface area contributed by atoms with Gasteiger partial charge in [-0.2, -0.15) is 5.10 Å². The third-order valence-electron chi connectivity index (χ3n) is 2.93. The molecule has 0 saturated heterocycles. The minimum Gasteiger partial charge on any atom is -0.436 e. The molecule has 2 heterocycles. The smallest absolute Gasteiger partial charge is 0.289 e. The van der Waals surface area contributed by atoms with Gasteiger partial charge >= 0.3 is 0 Å². The highest BCUT2D eigenvalue weighted by atomic mass is 16.4. The number of carbonyl (C=O) groups excluding carboxylic acids is 1. The summed E-state index contributed by atoms with van der Waals surface area (Å²) in [6, 6.07) is -0.249. The number of nitrogens with zero attached hydrogens (tertiary/aromatic N) is 4. The van der Waals surface area contributed by atoms with E-state index < -0.39 is 0 Å². The first-order valence-electron chi connectivity index (χ1n) is 6.65. The largest absolute Gasteiger partial charge is 0.436 e. The Hall–Kier alpha value is -2.18. The highest BCUT2D eigenvalue weighted by molar-refractivity contribution is 5.92. The predicted molar refractivity (Wildman–Crippen MR) is 72.2 cm³/mol. The summed E-state index contributed by atoms with van der Waals surface area (Å²) in [5, 5.41) is 7.00. The van der Waals surface area contributed by atoms with E-state index in [9.17, 15) is 4.79 Å². The SMILES string of the molecule is CCCn1ncnc1C(C)NC(=O)c1oc(C)nc1C. The second kappa shape index (κ2) is 5.85. The number of aryl methyl sites for hydroxylation is 3. The number of nitrogens with one attached hydrogen (secondary N) is 1. The summed E-state index contributed by atoms with van der Waals surface area (Å²) >= 11 is 0. The minimum absolute atomic E-state index is 0.246. The lowest BCUT2D eigenvalue weighted by molar-refractivity contribution is 0.0907. The summed E-state index contributed by atoms with van der Waals surface area (Å²) in [4.78, 5) is 20.4. The van der Waals surface area contributed by atoms with Crippen LogP contribution in [0.2, 0.25) is 0 Å². The quantitative estimate of drug-likeness (QED) is 0.900. The van der Waals surface area contributed by atoms with Gasteiger partial charge in [0.1, 0.15) is 12.2 Å². The molecule has 0 aliphatic heterocycles. The number of rotatable bonds is 5. The molecule has 1 amide bonds. The van der Waals surface area contributed by atoms with Crippen LogP contribution in [0.3, 0.4) is 0 Å². The van der Waals surface area contributed by atoms with Gasteiger partial charge in [-0.15, -0.1) is 0 Å². The molecule has 20 heavy (non-hydrogen) atoms. The average molecular weight is 277 g/mol. The third kappa shape index (κ3) is 2.87. The molecular formula is C13H19N5O2. The molecule has 0 spiro atoms. The first-order valence-corrected chi connectivity index (χ1v) is 6.65. The van der Waals surface area contributed by atoms with Crippen molar-refractivity contribution in [2.75, 3.05) is 0 Å². The Kier molecular flexibility index (Phi) is 4.16. The second-order valence-corrected chi connectivity index (χ2v) is 4.68. The molecule has 0 aromatic carbocycles. The van der Waals surface area contributed by atoms with Gasteiger partial charge in [-0.1, -0.05) is 6.92 Å². The molecule has 7 nitrogen and oxygen atoms in total. The summed E-state index contributed by atoms with van der Waals surface area (Å²) < 4.78 is 7.10. The van der Waals surface area contributed by atoms with Gasteiger partial charge in [0, 0.05) is 13.5 Å². The Balaban J connectivity index is 2.11. The van der Waals surface area contributed by atoms with Crippen LogP contribution in [0.4, 0.5) is 0 Å². The maximum Gasteiger partial charge on any atom is 0.289 e. The van der Waals surface area contributed by atoms with Crippen LogP contribution in [0.25, 0.3) is 0 Å². The summed E-state index contributed by atoms with van der Waals surface area (Å²) in [6.07, 6.45) is 2.45. The lowest BCUT2D eigenvalue weighted by atomic mass is 10.2. The van der Waals surface area contributed by atoms with Crippen LogP contribution in [0.5, 0.6) is 0 Å². The van der Waals surface area contributed by atoms with Gasteiger partial charge in [0.2, 0.25) is 5.76 Å². The van der Waals surface area contributed by atoms with E-state index in [4.69, 9.17) is 4.42 Å². The molecule has 108 valence electrons. The summed E-state index contributed by atoms with van der Waals surface area (Å²) in [7, 11) is 0. The van der Waals surface area contributed by atoms with Crippen molar-refractivity contribution in [2.45, 2.75) is 46.7 Å². The average Bonchev–Trinajstić information content (AvgIpc) is 2.96. The van der Waals surface area contributed by atoms with E-state index in [2.05, 4.69) is 27.3 Å². The maximum atomic E-state index is 12.2. The van der Waals surface area contributed by atoms with Gasteiger partial charge in [-0.25, -0.2) is 14.6 Å². The summed E-state index contributed by atoms with van der Waals surface area (Å²) in [5.41, 5.74) is 0.585. The van der Waals surface area contributed by atoms with E-state index in [1.807, 2.05) is 6.92 Å². The Morgan fingerprint density at radius 1 is 1.50 bits per heavy atom. The zero-order chi connectivity index (χ0) is 14.7. The Bertz CT molecular complexity index is 602. The third-order valence-corrected chi connectivity index (χ3v) is 2.93. The van der Waals surface area contributed by atoms with Crippen LogP contribution in [0, 0.1) is 13.8 Å². The molecule has 2 rings (SSSR count). The van der Waals surface area contributed by atoms with Crippen molar-refractivity contribution in [1.82, 2.24) is 25.1 Å². The Labute approximate surface area is 117 Å². The number of carbonyl (C=O) groups is 1. The fourth-order valence-electron chi connectivity index (χ4n) is 2.06. The van der Waals surface area contributed by atoms with Gasteiger partial charge in [-0.05, 0) is 20.3 Å². The fraction of sp³-hybridized carbons (Fsp3) is 0.538. The van der Waals surface area contributed by atoms with Gasteiger partial charge in [0.25, 0.3) is 5.91 Å². The minimum atomic E-state index is -0.290. The van der Waals surface area contributed by atoms with Crippen molar-refractivity contribution in [3.05, 3.63) is 29.5 Å². The number of aromatic nitrogens is 4. The normalized spacial score (nSPS) is 12.4. The van der Waals surface area contributed by atoms with E-state index in [1.165, 1.54) is 6.33 Å². The standard InChI is InChI=1S/C13H19N5O2/c1-5-6-18-12(14-7-15-18)9(3)17-13(19)11-8(2)16-10(4)20-11/h7,9H,5-6H2,1-4H3,(H,17,19). The number of amides is 1. The topological polar surface area (TPSA) is 85.8 Å². The van der Waals surface area contributed by atoms with Crippen molar-refractivity contribution in [1.29, 1.82) is 0 Å². The molecule has 0 fully saturated rings. The van der Waals surface area contributed by atoms with Crippen LogP contribution in [0.1, 0.15) is 54.3 Å². The van der Waals surface area contributed by atoms with E-state index in [0.717, 1.165) is 18.8 Å². The lowest BCUT2D eigenvalue weighted by Gasteiger charge is -2.13. The molecule has 0 aliphatic rings. The molecule has 1 N–H and O–H groups in total. The van der Waals surface area contributed by atoms with Crippen LogP contribution >= 0.6 is 0 Å². The second-order valence-electron chi connectivity index (χ2n) is 4.68. The van der Waals surface area contributed by atoms with Crippen LogP contribution < -0.4 is 5.32 Å². The predicted octanol–water partition coefficient (Wildman–Crippen LogP) is 1.78. The number of oxazole rings is 1. The molecule has 2 aromatic heterocycles. The van der Waals surface area contributed by atoms with Crippen molar-refractivity contribution in [3.8, 4) is 0 Å². The van der Waals surface area contributed by atoms with Crippen LogP contribution in [-0.2, 0) is 6.54 Å². The van der Waals surface area contributed by atoms with Gasteiger partial charge in [-0.3, -0.25) is 4.79 Å². The molecule has 0 bridgehead atoms. The maximum absolute atomic E-state index is 12.2. The van der Waals surface area contributed by atoms with Crippen molar-refractivity contribution < 1.29 is 9.21 Å².